The Morgan fingerprint density at radius 2 is 1.64 bits per heavy atom. The lowest BCUT2D eigenvalue weighted by molar-refractivity contribution is -0.118. The summed E-state index contributed by atoms with van der Waals surface area (Å²) in [6.45, 7) is 2.65. The Labute approximate surface area is 162 Å². The predicted molar refractivity (Wildman–Crippen MR) is 107 cm³/mol. The molecule has 1 aliphatic heterocycles. The Bertz CT molecular complexity index is 958. The molecular formula is C21H20FN5O. The first kappa shape index (κ1) is 17.9. The Kier molecular flexibility index (Phi) is 5.14. The van der Waals surface area contributed by atoms with Crippen LogP contribution in [0.3, 0.4) is 0 Å². The molecule has 1 saturated heterocycles. The zero-order valence-corrected chi connectivity index (χ0v) is 15.3. The Hall–Kier alpha value is -3.48. The van der Waals surface area contributed by atoms with Crippen molar-refractivity contribution in [1.82, 2.24) is 14.9 Å². The van der Waals surface area contributed by atoms with E-state index in [1.165, 1.54) is 6.07 Å². The largest absolute Gasteiger partial charge is 0.353 e. The quantitative estimate of drug-likeness (QED) is 0.692. The summed E-state index contributed by atoms with van der Waals surface area (Å²) in [6.07, 6.45) is 0.873. The summed E-state index contributed by atoms with van der Waals surface area (Å²) < 4.78 is 14.1. The molecule has 2 heterocycles. The van der Waals surface area contributed by atoms with E-state index in [9.17, 15) is 9.18 Å². The minimum absolute atomic E-state index is 0.324. The van der Waals surface area contributed by atoms with Crippen molar-refractivity contribution in [3.63, 3.8) is 0 Å². The van der Waals surface area contributed by atoms with Gasteiger partial charge >= 0.3 is 0 Å². The van der Waals surface area contributed by atoms with E-state index in [1.54, 1.807) is 23.1 Å². The standard InChI is InChI=1S/C21H20FN5O/c22-17-8-4-5-9-18(17)23-21-24-19(16-6-2-1-3-7-16)14-20(25-21)27-12-10-26(15-28)11-13-27/h1-9,14-15H,10-13H2,(H,23,24,25). The molecule has 4 rings (SSSR count). The zero-order valence-electron chi connectivity index (χ0n) is 15.3. The van der Waals surface area contributed by atoms with Gasteiger partial charge in [-0.1, -0.05) is 42.5 Å². The molecule has 28 heavy (non-hydrogen) atoms. The van der Waals surface area contributed by atoms with Crippen molar-refractivity contribution in [2.45, 2.75) is 0 Å². The molecule has 1 fully saturated rings. The summed E-state index contributed by atoms with van der Waals surface area (Å²) in [5.74, 6) is 0.717. The van der Waals surface area contributed by atoms with Crippen LogP contribution in [0.25, 0.3) is 11.3 Å². The number of piperazine rings is 1. The number of carbonyl (C=O) groups excluding carboxylic acids is 1. The van der Waals surface area contributed by atoms with E-state index < -0.39 is 0 Å². The minimum Gasteiger partial charge on any atom is -0.353 e. The zero-order chi connectivity index (χ0) is 19.3. The fraction of sp³-hybridized carbons (Fsp3) is 0.190. The molecule has 0 spiro atoms. The van der Waals surface area contributed by atoms with E-state index in [0.29, 0.717) is 37.8 Å². The van der Waals surface area contributed by atoms with E-state index in [2.05, 4.69) is 20.2 Å². The normalized spacial score (nSPS) is 14.0. The third-order valence-electron chi connectivity index (χ3n) is 4.69. The molecule has 0 unspecified atom stereocenters. The average molecular weight is 377 g/mol. The molecular weight excluding hydrogens is 357 g/mol. The molecule has 0 saturated carbocycles. The maximum Gasteiger partial charge on any atom is 0.229 e. The van der Waals surface area contributed by atoms with Crippen LogP contribution in [0.5, 0.6) is 0 Å². The summed E-state index contributed by atoms with van der Waals surface area (Å²) in [4.78, 5) is 24.0. The Balaban J connectivity index is 1.69. The minimum atomic E-state index is -0.364. The van der Waals surface area contributed by atoms with Gasteiger partial charge in [-0.25, -0.2) is 9.37 Å². The second-order valence-corrected chi connectivity index (χ2v) is 6.53. The first-order chi connectivity index (χ1) is 13.7. The average Bonchev–Trinajstić information content (AvgIpc) is 2.76. The fourth-order valence-electron chi connectivity index (χ4n) is 3.15. The van der Waals surface area contributed by atoms with Gasteiger partial charge in [0, 0.05) is 37.8 Å². The predicted octanol–water partition coefficient (Wildman–Crippen LogP) is 3.30. The van der Waals surface area contributed by atoms with Crippen LogP contribution in [0.4, 0.5) is 21.8 Å². The van der Waals surface area contributed by atoms with Gasteiger partial charge in [0.2, 0.25) is 12.4 Å². The third-order valence-corrected chi connectivity index (χ3v) is 4.69. The van der Waals surface area contributed by atoms with Crippen LogP contribution in [-0.4, -0.2) is 47.5 Å². The lowest BCUT2D eigenvalue weighted by atomic mass is 10.1. The summed E-state index contributed by atoms with van der Waals surface area (Å²) in [5, 5.41) is 2.99. The van der Waals surface area contributed by atoms with Crippen molar-refractivity contribution < 1.29 is 9.18 Å². The number of carbonyl (C=O) groups is 1. The van der Waals surface area contributed by atoms with Crippen LogP contribution in [0.2, 0.25) is 0 Å². The van der Waals surface area contributed by atoms with Gasteiger partial charge in [0.15, 0.2) is 0 Å². The van der Waals surface area contributed by atoms with Crippen LogP contribution in [0.15, 0.2) is 60.7 Å². The number of anilines is 3. The van der Waals surface area contributed by atoms with Gasteiger partial charge < -0.3 is 15.1 Å². The van der Waals surface area contributed by atoms with Crippen LogP contribution >= 0.6 is 0 Å². The number of amides is 1. The second-order valence-electron chi connectivity index (χ2n) is 6.53. The Morgan fingerprint density at radius 3 is 2.36 bits per heavy atom. The molecule has 142 valence electrons. The van der Waals surface area contributed by atoms with Crippen molar-refractivity contribution >= 4 is 23.9 Å². The number of rotatable bonds is 5. The van der Waals surface area contributed by atoms with Crippen molar-refractivity contribution in [2.24, 2.45) is 0 Å². The smallest absolute Gasteiger partial charge is 0.229 e. The van der Waals surface area contributed by atoms with Crippen molar-refractivity contribution in [2.75, 3.05) is 36.4 Å². The number of para-hydroxylation sites is 1. The molecule has 1 N–H and O–H groups in total. The number of nitrogens with one attached hydrogen (secondary N) is 1. The van der Waals surface area contributed by atoms with Crippen molar-refractivity contribution in [3.8, 4) is 11.3 Å². The highest BCUT2D eigenvalue weighted by Crippen LogP contribution is 2.26. The van der Waals surface area contributed by atoms with Gasteiger partial charge in [-0.2, -0.15) is 4.98 Å². The van der Waals surface area contributed by atoms with E-state index in [0.717, 1.165) is 23.5 Å². The molecule has 3 aromatic rings. The second kappa shape index (κ2) is 8.04. The van der Waals surface area contributed by atoms with Crippen molar-refractivity contribution in [1.29, 1.82) is 0 Å². The lowest BCUT2D eigenvalue weighted by Crippen LogP contribution is -2.46. The fourth-order valence-corrected chi connectivity index (χ4v) is 3.15. The van der Waals surface area contributed by atoms with E-state index in [1.807, 2.05) is 36.4 Å². The third kappa shape index (κ3) is 3.93. The molecule has 0 atom stereocenters. The Morgan fingerprint density at radius 1 is 0.929 bits per heavy atom. The molecule has 1 aliphatic rings. The molecule has 0 radical (unpaired) electrons. The molecule has 1 amide bonds. The SMILES string of the molecule is O=CN1CCN(c2cc(-c3ccccc3)nc(Nc3ccccc3F)n2)CC1. The summed E-state index contributed by atoms with van der Waals surface area (Å²) >= 11 is 0. The van der Waals surface area contributed by atoms with E-state index in [-0.39, 0.29) is 5.82 Å². The molecule has 1 aromatic heterocycles. The topological polar surface area (TPSA) is 61.4 Å². The van der Waals surface area contributed by atoms with Crippen molar-refractivity contribution in [3.05, 3.63) is 66.5 Å². The maximum atomic E-state index is 14.1. The van der Waals surface area contributed by atoms with Crippen LogP contribution in [0, 0.1) is 5.82 Å². The highest BCUT2D eigenvalue weighted by atomic mass is 19.1. The molecule has 0 aliphatic carbocycles. The van der Waals surface area contributed by atoms with Crippen LogP contribution < -0.4 is 10.2 Å². The highest BCUT2D eigenvalue weighted by molar-refractivity contribution is 5.67. The number of benzene rings is 2. The molecule has 0 bridgehead atoms. The number of hydrogen-bond donors (Lipinski definition) is 1. The molecule has 6 nitrogen and oxygen atoms in total. The van der Waals surface area contributed by atoms with E-state index in [4.69, 9.17) is 0 Å². The number of halogens is 1. The van der Waals surface area contributed by atoms with Gasteiger partial charge in [-0.05, 0) is 12.1 Å². The number of aromatic nitrogens is 2. The van der Waals surface area contributed by atoms with Crippen LogP contribution in [0.1, 0.15) is 0 Å². The number of hydrogen-bond acceptors (Lipinski definition) is 5. The summed E-state index contributed by atoms with van der Waals surface area (Å²) in [7, 11) is 0. The first-order valence-corrected chi connectivity index (χ1v) is 9.13. The number of nitrogens with zero attached hydrogens (tertiary/aromatic N) is 4. The highest BCUT2D eigenvalue weighted by Gasteiger charge is 2.19. The molecule has 2 aromatic carbocycles. The van der Waals surface area contributed by atoms with Gasteiger partial charge in [-0.3, -0.25) is 4.79 Å². The van der Waals surface area contributed by atoms with Crippen LogP contribution in [-0.2, 0) is 4.79 Å². The maximum absolute atomic E-state index is 14.1. The van der Waals surface area contributed by atoms with Gasteiger partial charge in [0.05, 0.1) is 11.4 Å². The lowest BCUT2D eigenvalue weighted by Gasteiger charge is -2.33. The van der Waals surface area contributed by atoms with Gasteiger partial charge in [0.25, 0.3) is 0 Å². The summed E-state index contributed by atoms with van der Waals surface area (Å²) in [6, 6.07) is 18.2. The van der Waals surface area contributed by atoms with E-state index >= 15 is 0 Å². The van der Waals surface area contributed by atoms with Gasteiger partial charge in [-0.15, -0.1) is 0 Å². The molecule has 7 heteroatoms. The summed E-state index contributed by atoms with van der Waals surface area (Å²) in [5.41, 5.74) is 2.03. The van der Waals surface area contributed by atoms with Gasteiger partial charge in [0.1, 0.15) is 11.6 Å². The monoisotopic (exact) mass is 377 g/mol. The first-order valence-electron chi connectivity index (χ1n) is 9.13.